The zero-order chi connectivity index (χ0) is 20.4. The van der Waals surface area contributed by atoms with E-state index in [4.69, 9.17) is 9.47 Å². The van der Waals surface area contributed by atoms with Crippen molar-refractivity contribution < 1.29 is 18.3 Å². The van der Waals surface area contributed by atoms with Crippen LogP contribution in [-0.4, -0.2) is 28.8 Å². The largest absolute Gasteiger partial charge is 0.497 e. The summed E-state index contributed by atoms with van der Waals surface area (Å²) in [5.74, 6) is 0.428. The monoisotopic (exact) mass is 413 g/mol. The number of methoxy groups -OCH3 is 2. The van der Waals surface area contributed by atoms with Crippen molar-refractivity contribution in [2.75, 3.05) is 14.2 Å². The zero-order valence-electron chi connectivity index (χ0n) is 15.7. The highest BCUT2D eigenvalue weighted by molar-refractivity contribution is 7.98. The van der Waals surface area contributed by atoms with Gasteiger partial charge in [0.15, 0.2) is 5.65 Å². The normalized spacial score (nSPS) is 11.0. The molecule has 148 valence electrons. The number of aromatic nitrogens is 3. The maximum Gasteiger partial charge on any atom is 0.243 e. The predicted octanol–water partition coefficient (Wildman–Crippen LogP) is 4.98. The number of imidazole rings is 1. The minimum absolute atomic E-state index is 0.152. The average molecular weight is 413 g/mol. The molecular formula is C21H17F2N3O2S. The van der Waals surface area contributed by atoms with Gasteiger partial charge in [0, 0.05) is 17.4 Å². The lowest BCUT2D eigenvalue weighted by molar-refractivity contribution is 0.387. The summed E-state index contributed by atoms with van der Waals surface area (Å²) in [6.07, 6.45) is 0. The molecule has 2 heterocycles. The van der Waals surface area contributed by atoms with Crippen molar-refractivity contribution >= 4 is 17.4 Å². The van der Waals surface area contributed by atoms with Crippen LogP contribution >= 0.6 is 11.8 Å². The number of hydrogen-bond donors (Lipinski definition) is 0. The van der Waals surface area contributed by atoms with Crippen LogP contribution in [0.4, 0.5) is 8.78 Å². The van der Waals surface area contributed by atoms with Gasteiger partial charge >= 0.3 is 0 Å². The summed E-state index contributed by atoms with van der Waals surface area (Å²) < 4.78 is 39.7. The van der Waals surface area contributed by atoms with Crippen molar-refractivity contribution in [3.63, 3.8) is 0 Å². The Morgan fingerprint density at radius 2 is 1.86 bits per heavy atom. The van der Waals surface area contributed by atoms with Crippen molar-refractivity contribution in [2.45, 2.75) is 10.8 Å². The van der Waals surface area contributed by atoms with E-state index in [1.807, 2.05) is 30.3 Å². The van der Waals surface area contributed by atoms with E-state index in [0.29, 0.717) is 11.4 Å². The molecule has 0 radical (unpaired) electrons. The predicted molar refractivity (Wildman–Crippen MR) is 107 cm³/mol. The molecule has 5 nitrogen and oxygen atoms in total. The minimum Gasteiger partial charge on any atom is -0.497 e. The number of nitrogens with zero attached hydrogens (tertiary/aromatic N) is 3. The summed E-state index contributed by atoms with van der Waals surface area (Å²) in [5, 5.41) is 5.31. The van der Waals surface area contributed by atoms with E-state index in [-0.39, 0.29) is 17.1 Å². The van der Waals surface area contributed by atoms with Gasteiger partial charge in [-0.2, -0.15) is 9.61 Å². The van der Waals surface area contributed by atoms with Gasteiger partial charge in [-0.05, 0) is 42.0 Å². The fourth-order valence-corrected chi connectivity index (χ4v) is 3.73. The van der Waals surface area contributed by atoms with E-state index in [0.717, 1.165) is 22.4 Å². The first-order valence-electron chi connectivity index (χ1n) is 8.74. The molecule has 2 aromatic heterocycles. The van der Waals surface area contributed by atoms with Crippen LogP contribution in [0.1, 0.15) is 5.56 Å². The lowest BCUT2D eigenvalue weighted by atomic mass is 10.1. The number of halogens is 2. The quantitative estimate of drug-likeness (QED) is 0.417. The third kappa shape index (κ3) is 3.88. The Morgan fingerprint density at radius 3 is 2.62 bits per heavy atom. The summed E-state index contributed by atoms with van der Waals surface area (Å²) in [5.41, 5.74) is 2.03. The molecule has 0 saturated heterocycles. The van der Waals surface area contributed by atoms with Crippen LogP contribution in [0, 0.1) is 11.6 Å². The second kappa shape index (κ2) is 8.08. The van der Waals surface area contributed by atoms with Crippen molar-refractivity contribution in [2.24, 2.45) is 0 Å². The van der Waals surface area contributed by atoms with Gasteiger partial charge in [0.25, 0.3) is 0 Å². The molecule has 0 aliphatic carbocycles. The summed E-state index contributed by atoms with van der Waals surface area (Å²) in [6, 6.07) is 14.8. The van der Waals surface area contributed by atoms with Gasteiger partial charge < -0.3 is 9.47 Å². The van der Waals surface area contributed by atoms with Gasteiger partial charge in [0.2, 0.25) is 5.88 Å². The van der Waals surface area contributed by atoms with Crippen LogP contribution in [0.5, 0.6) is 11.6 Å². The fourth-order valence-electron chi connectivity index (χ4n) is 2.93. The third-order valence-electron chi connectivity index (χ3n) is 4.31. The lowest BCUT2D eigenvalue weighted by Crippen LogP contribution is -1.98. The molecule has 0 fully saturated rings. The van der Waals surface area contributed by atoms with Crippen LogP contribution in [0.3, 0.4) is 0 Å². The average Bonchev–Trinajstić information content (AvgIpc) is 3.09. The lowest BCUT2D eigenvalue weighted by Gasteiger charge is -2.06. The van der Waals surface area contributed by atoms with Crippen molar-refractivity contribution in [3.8, 4) is 22.9 Å². The number of ether oxygens (including phenoxy) is 2. The number of thioether (sulfide) groups is 1. The molecule has 0 aliphatic rings. The van der Waals surface area contributed by atoms with Crippen LogP contribution in [0.2, 0.25) is 0 Å². The van der Waals surface area contributed by atoms with Crippen molar-refractivity contribution in [3.05, 3.63) is 71.8 Å². The summed E-state index contributed by atoms with van der Waals surface area (Å²) >= 11 is 1.54. The van der Waals surface area contributed by atoms with Gasteiger partial charge in [-0.15, -0.1) is 0 Å². The standard InChI is InChI=1S/C21H17F2N3O2S/c1-27-15-5-3-4-13(10-15)12-29-19-9-8-18-24-20(21(28-2)26(18)25-19)16-7-6-14(22)11-17(16)23/h3-11H,12H2,1-2H3. The molecule has 4 aromatic rings. The first-order valence-corrected chi connectivity index (χ1v) is 9.72. The molecule has 0 atom stereocenters. The Labute approximate surface area is 170 Å². The molecule has 4 rings (SSSR count). The van der Waals surface area contributed by atoms with Crippen LogP contribution in [0.25, 0.3) is 16.9 Å². The molecule has 29 heavy (non-hydrogen) atoms. The van der Waals surface area contributed by atoms with E-state index < -0.39 is 11.6 Å². The topological polar surface area (TPSA) is 48.7 Å². The van der Waals surface area contributed by atoms with E-state index in [1.54, 1.807) is 24.9 Å². The van der Waals surface area contributed by atoms with Crippen LogP contribution < -0.4 is 9.47 Å². The smallest absolute Gasteiger partial charge is 0.243 e. The molecule has 0 bridgehead atoms. The molecule has 0 N–H and O–H groups in total. The van der Waals surface area contributed by atoms with Gasteiger partial charge in [-0.3, -0.25) is 0 Å². The van der Waals surface area contributed by atoms with E-state index in [1.165, 1.54) is 23.8 Å². The van der Waals surface area contributed by atoms with E-state index in [9.17, 15) is 8.78 Å². The third-order valence-corrected chi connectivity index (χ3v) is 5.30. The Hall–Kier alpha value is -3.13. The first-order chi connectivity index (χ1) is 14.1. The number of fused-ring (bicyclic) bond motifs is 1. The highest BCUT2D eigenvalue weighted by Gasteiger charge is 2.19. The molecule has 0 spiro atoms. The van der Waals surface area contributed by atoms with Gasteiger partial charge in [0.05, 0.1) is 14.2 Å². The fraction of sp³-hybridized carbons (Fsp3) is 0.143. The van der Waals surface area contributed by atoms with Crippen LogP contribution in [-0.2, 0) is 5.75 Å². The molecular weight excluding hydrogens is 396 g/mol. The number of benzene rings is 2. The Balaban J connectivity index is 1.66. The summed E-state index contributed by atoms with van der Waals surface area (Å²) in [6.45, 7) is 0. The highest BCUT2D eigenvalue weighted by Crippen LogP contribution is 2.33. The maximum atomic E-state index is 14.3. The highest BCUT2D eigenvalue weighted by atomic mass is 32.2. The molecule has 2 aromatic carbocycles. The Bertz CT molecular complexity index is 1180. The molecule has 0 aliphatic heterocycles. The number of hydrogen-bond acceptors (Lipinski definition) is 5. The first kappa shape index (κ1) is 19.2. The van der Waals surface area contributed by atoms with Crippen molar-refractivity contribution in [1.82, 2.24) is 14.6 Å². The van der Waals surface area contributed by atoms with E-state index in [2.05, 4.69) is 10.1 Å². The van der Waals surface area contributed by atoms with Gasteiger partial charge in [-0.1, -0.05) is 23.9 Å². The van der Waals surface area contributed by atoms with Gasteiger partial charge in [0.1, 0.15) is 28.1 Å². The minimum atomic E-state index is -0.709. The zero-order valence-corrected chi connectivity index (χ0v) is 16.5. The summed E-state index contributed by atoms with van der Waals surface area (Å²) in [7, 11) is 3.10. The molecule has 8 heteroatoms. The second-order valence-electron chi connectivity index (χ2n) is 6.18. The molecule has 0 unspecified atom stereocenters. The number of rotatable bonds is 6. The second-order valence-corrected chi connectivity index (χ2v) is 7.17. The Kier molecular flexibility index (Phi) is 5.35. The van der Waals surface area contributed by atoms with Gasteiger partial charge in [-0.25, -0.2) is 13.8 Å². The Morgan fingerprint density at radius 1 is 1.00 bits per heavy atom. The van der Waals surface area contributed by atoms with Crippen LogP contribution in [0.15, 0.2) is 59.6 Å². The molecule has 0 amide bonds. The maximum absolute atomic E-state index is 14.3. The summed E-state index contributed by atoms with van der Waals surface area (Å²) in [4.78, 5) is 4.41. The van der Waals surface area contributed by atoms with E-state index >= 15 is 0 Å². The van der Waals surface area contributed by atoms with Crippen molar-refractivity contribution in [1.29, 1.82) is 0 Å². The SMILES string of the molecule is COc1cccc(CSc2ccc3nc(-c4ccc(F)cc4F)c(OC)n3n2)c1. The molecule has 0 saturated carbocycles.